The van der Waals surface area contributed by atoms with Crippen LogP contribution in [0.5, 0.6) is 0 Å². The monoisotopic (exact) mass is 249 g/mol. The summed E-state index contributed by atoms with van der Waals surface area (Å²) in [6.45, 7) is 5.72. The maximum Gasteiger partial charge on any atom is 0.226 e. The number of ether oxygens (including phenoxy) is 1. The van der Waals surface area contributed by atoms with Crippen LogP contribution in [0.4, 0.5) is 5.69 Å². The smallest absolute Gasteiger partial charge is 0.226 e. The van der Waals surface area contributed by atoms with Crippen molar-refractivity contribution in [1.82, 2.24) is 0 Å². The SMILES string of the molecule is CC(=O)COCc1ccc(NC(=O)C(C)C)cc1. The normalized spacial score (nSPS) is 10.4. The van der Waals surface area contributed by atoms with Crippen molar-refractivity contribution in [3.63, 3.8) is 0 Å². The lowest BCUT2D eigenvalue weighted by molar-refractivity contribution is -0.122. The van der Waals surface area contributed by atoms with E-state index in [2.05, 4.69) is 5.32 Å². The van der Waals surface area contributed by atoms with Gasteiger partial charge in [-0.1, -0.05) is 26.0 Å². The van der Waals surface area contributed by atoms with E-state index in [9.17, 15) is 9.59 Å². The van der Waals surface area contributed by atoms with Crippen LogP contribution < -0.4 is 5.32 Å². The van der Waals surface area contributed by atoms with Crippen molar-refractivity contribution in [3.8, 4) is 0 Å². The number of carbonyl (C=O) groups excluding carboxylic acids is 2. The Labute approximate surface area is 107 Å². The first kappa shape index (κ1) is 14.4. The third-order valence-corrected chi connectivity index (χ3v) is 2.32. The van der Waals surface area contributed by atoms with E-state index >= 15 is 0 Å². The Kier molecular flexibility index (Phi) is 5.52. The van der Waals surface area contributed by atoms with Crippen LogP contribution in [0.2, 0.25) is 0 Å². The van der Waals surface area contributed by atoms with Crippen LogP contribution in [-0.4, -0.2) is 18.3 Å². The number of Topliss-reactive ketones (excluding diaryl/α,β-unsaturated/α-hetero) is 1. The molecule has 0 aliphatic heterocycles. The van der Waals surface area contributed by atoms with Crippen LogP contribution in [0.1, 0.15) is 26.3 Å². The highest BCUT2D eigenvalue weighted by Crippen LogP contribution is 2.11. The first-order chi connectivity index (χ1) is 8.49. The molecule has 4 heteroatoms. The van der Waals surface area contributed by atoms with Gasteiger partial charge in [-0.15, -0.1) is 0 Å². The van der Waals surface area contributed by atoms with E-state index in [1.807, 2.05) is 38.1 Å². The molecule has 1 N–H and O–H groups in total. The molecule has 0 aromatic heterocycles. The van der Waals surface area contributed by atoms with E-state index in [1.54, 1.807) is 0 Å². The topological polar surface area (TPSA) is 55.4 Å². The molecular formula is C14H19NO3. The molecule has 1 aromatic carbocycles. The molecule has 0 aliphatic rings. The number of benzene rings is 1. The second-order valence-electron chi connectivity index (χ2n) is 4.54. The predicted molar refractivity (Wildman–Crippen MR) is 70.2 cm³/mol. The number of rotatable bonds is 6. The first-order valence-electron chi connectivity index (χ1n) is 5.96. The molecule has 0 atom stereocenters. The van der Waals surface area contributed by atoms with Crippen LogP contribution in [0.3, 0.4) is 0 Å². The molecule has 1 amide bonds. The number of anilines is 1. The highest BCUT2D eigenvalue weighted by molar-refractivity contribution is 5.92. The number of nitrogens with one attached hydrogen (secondary N) is 1. The summed E-state index contributed by atoms with van der Waals surface area (Å²) >= 11 is 0. The maximum absolute atomic E-state index is 11.5. The summed E-state index contributed by atoms with van der Waals surface area (Å²) in [5.41, 5.74) is 1.74. The fourth-order valence-electron chi connectivity index (χ4n) is 1.28. The highest BCUT2D eigenvalue weighted by atomic mass is 16.5. The van der Waals surface area contributed by atoms with Gasteiger partial charge >= 0.3 is 0 Å². The quantitative estimate of drug-likeness (QED) is 0.842. The van der Waals surface area contributed by atoms with Crippen molar-refractivity contribution in [2.24, 2.45) is 5.92 Å². The molecule has 4 nitrogen and oxygen atoms in total. The number of ketones is 1. The summed E-state index contributed by atoms with van der Waals surface area (Å²) in [5, 5.41) is 2.81. The first-order valence-corrected chi connectivity index (χ1v) is 5.96. The predicted octanol–water partition coefficient (Wildman–Crippen LogP) is 2.39. The van der Waals surface area contributed by atoms with Crippen LogP contribution >= 0.6 is 0 Å². The fraction of sp³-hybridized carbons (Fsp3) is 0.429. The van der Waals surface area contributed by atoms with Crippen molar-refractivity contribution >= 4 is 17.4 Å². The minimum absolute atomic E-state index is 0.00409. The van der Waals surface area contributed by atoms with Gasteiger partial charge in [0.25, 0.3) is 0 Å². The van der Waals surface area contributed by atoms with Gasteiger partial charge in [0.05, 0.1) is 6.61 Å². The zero-order chi connectivity index (χ0) is 13.5. The summed E-state index contributed by atoms with van der Waals surface area (Å²) in [6, 6.07) is 7.39. The van der Waals surface area contributed by atoms with Crippen molar-refractivity contribution in [3.05, 3.63) is 29.8 Å². The minimum atomic E-state index is -0.0384. The average Bonchev–Trinajstić information content (AvgIpc) is 2.30. The molecule has 1 rings (SSSR count). The van der Waals surface area contributed by atoms with E-state index in [4.69, 9.17) is 4.74 Å². The van der Waals surface area contributed by atoms with Gasteiger partial charge in [-0.2, -0.15) is 0 Å². The Bertz CT molecular complexity index is 410. The second kappa shape index (κ2) is 6.91. The van der Waals surface area contributed by atoms with Crippen LogP contribution in [0.15, 0.2) is 24.3 Å². The van der Waals surface area contributed by atoms with Crippen LogP contribution in [-0.2, 0) is 20.9 Å². The lowest BCUT2D eigenvalue weighted by Crippen LogP contribution is -2.17. The summed E-state index contributed by atoms with van der Waals surface area (Å²) in [6.07, 6.45) is 0. The van der Waals surface area contributed by atoms with E-state index in [0.717, 1.165) is 11.3 Å². The molecule has 0 saturated carbocycles. The van der Waals surface area contributed by atoms with E-state index in [0.29, 0.717) is 6.61 Å². The summed E-state index contributed by atoms with van der Waals surface area (Å²) in [5.74, 6) is -0.0324. The van der Waals surface area contributed by atoms with Crippen molar-refractivity contribution in [1.29, 1.82) is 0 Å². The van der Waals surface area contributed by atoms with Gasteiger partial charge in [0.15, 0.2) is 5.78 Å². The Balaban J connectivity index is 2.47. The van der Waals surface area contributed by atoms with E-state index < -0.39 is 0 Å². The lowest BCUT2D eigenvalue weighted by Gasteiger charge is -2.08. The zero-order valence-corrected chi connectivity index (χ0v) is 11.0. The zero-order valence-electron chi connectivity index (χ0n) is 11.0. The van der Waals surface area contributed by atoms with Gasteiger partial charge in [0, 0.05) is 11.6 Å². The summed E-state index contributed by atoms with van der Waals surface area (Å²) < 4.78 is 5.20. The third-order valence-electron chi connectivity index (χ3n) is 2.32. The van der Waals surface area contributed by atoms with E-state index in [-0.39, 0.29) is 24.2 Å². The van der Waals surface area contributed by atoms with Gasteiger partial charge in [-0.25, -0.2) is 0 Å². The van der Waals surface area contributed by atoms with Crippen molar-refractivity contribution < 1.29 is 14.3 Å². The van der Waals surface area contributed by atoms with Gasteiger partial charge in [-0.05, 0) is 24.6 Å². The molecule has 0 unspecified atom stereocenters. The molecule has 0 saturated heterocycles. The fourth-order valence-corrected chi connectivity index (χ4v) is 1.28. The second-order valence-corrected chi connectivity index (χ2v) is 4.54. The molecule has 0 radical (unpaired) electrons. The molecule has 0 aliphatic carbocycles. The number of hydrogen-bond acceptors (Lipinski definition) is 3. The standard InChI is InChI=1S/C14H19NO3/c1-10(2)14(17)15-13-6-4-12(5-7-13)9-18-8-11(3)16/h4-7,10H,8-9H2,1-3H3,(H,15,17). The van der Waals surface area contributed by atoms with Gasteiger partial charge < -0.3 is 10.1 Å². The van der Waals surface area contributed by atoms with Gasteiger partial charge in [-0.3, -0.25) is 9.59 Å². The van der Waals surface area contributed by atoms with Gasteiger partial charge in [0.2, 0.25) is 5.91 Å². The van der Waals surface area contributed by atoms with Crippen molar-refractivity contribution in [2.75, 3.05) is 11.9 Å². The Morgan fingerprint density at radius 1 is 1.22 bits per heavy atom. The molecule has 98 valence electrons. The molecule has 0 bridgehead atoms. The number of hydrogen-bond donors (Lipinski definition) is 1. The summed E-state index contributed by atoms with van der Waals surface area (Å²) in [7, 11) is 0. The molecule has 0 spiro atoms. The molecule has 18 heavy (non-hydrogen) atoms. The largest absolute Gasteiger partial charge is 0.369 e. The Morgan fingerprint density at radius 2 is 1.83 bits per heavy atom. The van der Waals surface area contributed by atoms with E-state index in [1.165, 1.54) is 6.92 Å². The molecular weight excluding hydrogens is 230 g/mol. The average molecular weight is 249 g/mol. The summed E-state index contributed by atoms with van der Waals surface area (Å²) in [4.78, 5) is 22.2. The van der Waals surface area contributed by atoms with Crippen LogP contribution in [0, 0.1) is 5.92 Å². The number of amides is 1. The highest BCUT2D eigenvalue weighted by Gasteiger charge is 2.06. The molecule has 0 fully saturated rings. The number of carbonyl (C=O) groups is 2. The lowest BCUT2D eigenvalue weighted by atomic mass is 10.2. The maximum atomic E-state index is 11.5. The minimum Gasteiger partial charge on any atom is -0.369 e. The third kappa shape index (κ3) is 5.10. The van der Waals surface area contributed by atoms with Crippen molar-refractivity contribution in [2.45, 2.75) is 27.4 Å². The molecule has 0 heterocycles. The van der Waals surface area contributed by atoms with Gasteiger partial charge in [0.1, 0.15) is 6.61 Å². The Hall–Kier alpha value is -1.68. The molecule has 1 aromatic rings. The Morgan fingerprint density at radius 3 is 2.33 bits per heavy atom. The van der Waals surface area contributed by atoms with Crippen LogP contribution in [0.25, 0.3) is 0 Å².